The Morgan fingerprint density at radius 1 is 1.36 bits per heavy atom. The van der Waals surface area contributed by atoms with E-state index in [0.717, 1.165) is 10.6 Å². The van der Waals surface area contributed by atoms with Crippen molar-refractivity contribution < 1.29 is 20.1 Å². The van der Waals surface area contributed by atoms with Crippen LogP contribution in [0.15, 0.2) is 29.8 Å². The molecule has 2 aromatic heterocycles. The van der Waals surface area contributed by atoms with Crippen LogP contribution in [0, 0.1) is 20.4 Å². The Kier molecular flexibility index (Phi) is 5.85. The van der Waals surface area contributed by atoms with Crippen molar-refractivity contribution in [3.05, 3.63) is 48.8 Å². The standard InChI is InChI=1S/C10H8NS.CH3.Ir/c1-8-6-10(12-7-8)9-4-2-3-5-11-9;;/h2-5,7H,1H3;1H3;/q2*-1;. The minimum atomic E-state index is 0. The molecule has 14 heavy (non-hydrogen) atoms. The van der Waals surface area contributed by atoms with Crippen LogP contribution in [-0.2, 0) is 20.1 Å². The summed E-state index contributed by atoms with van der Waals surface area (Å²) < 4.78 is 0. The quantitative estimate of drug-likeness (QED) is 0.691. The van der Waals surface area contributed by atoms with Crippen LogP contribution >= 0.6 is 11.3 Å². The van der Waals surface area contributed by atoms with Gasteiger partial charge in [-0.25, -0.2) is 11.3 Å². The second kappa shape index (κ2) is 6.07. The minimum absolute atomic E-state index is 0. The molecule has 0 fully saturated rings. The molecule has 0 atom stereocenters. The van der Waals surface area contributed by atoms with E-state index < -0.39 is 0 Å². The molecule has 0 bridgehead atoms. The van der Waals surface area contributed by atoms with Crippen molar-refractivity contribution in [2.75, 3.05) is 0 Å². The van der Waals surface area contributed by atoms with Gasteiger partial charge >= 0.3 is 0 Å². The summed E-state index contributed by atoms with van der Waals surface area (Å²) in [6, 6.07) is 9.16. The van der Waals surface area contributed by atoms with Crippen LogP contribution in [0.4, 0.5) is 0 Å². The average molecular weight is 382 g/mol. The second-order valence-electron chi connectivity index (χ2n) is 2.59. The van der Waals surface area contributed by atoms with Gasteiger partial charge in [0.25, 0.3) is 0 Å². The van der Waals surface area contributed by atoms with E-state index in [1.54, 1.807) is 17.5 Å². The fourth-order valence-electron chi connectivity index (χ4n) is 1.01. The van der Waals surface area contributed by atoms with Crippen molar-refractivity contribution in [3.63, 3.8) is 0 Å². The second-order valence-corrected chi connectivity index (χ2v) is 3.47. The first kappa shape index (κ1) is 13.5. The molecule has 2 heterocycles. The number of rotatable bonds is 1. The van der Waals surface area contributed by atoms with Gasteiger partial charge in [-0.2, -0.15) is 11.6 Å². The van der Waals surface area contributed by atoms with Gasteiger partial charge in [-0.3, -0.25) is 0 Å². The fourth-order valence-corrected chi connectivity index (χ4v) is 1.82. The van der Waals surface area contributed by atoms with Gasteiger partial charge in [-0.05, 0) is 11.8 Å². The number of aromatic nitrogens is 1. The van der Waals surface area contributed by atoms with Crippen molar-refractivity contribution in [2.24, 2.45) is 0 Å². The summed E-state index contributed by atoms with van der Waals surface area (Å²) in [4.78, 5) is 5.36. The predicted molar refractivity (Wildman–Crippen MR) is 57.5 cm³/mol. The summed E-state index contributed by atoms with van der Waals surface area (Å²) in [6.07, 6.45) is 1.80. The normalized spacial score (nSPS) is 8.64. The third kappa shape index (κ3) is 3.02. The largest absolute Gasteiger partial charge is 0.358 e. The first-order valence-corrected chi connectivity index (χ1v) is 4.63. The van der Waals surface area contributed by atoms with Crippen LogP contribution in [0.1, 0.15) is 5.56 Å². The van der Waals surface area contributed by atoms with Crippen LogP contribution in [0.25, 0.3) is 10.6 Å². The zero-order chi connectivity index (χ0) is 8.39. The minimum Gasteiger partial charge on any atom is -0.358 e. The maximum atomic E-state index is 4.24. The molecule has 0 saturated carbocycles. The number of hydrogen-bond acceptors (Lipinski definition) is 2. The van der Waals surface area contributed by atoms with Crippen LogP contribution in [0.3, 0.4) is 0 Å². The van der Waals surface area contributed by atoms with E-state index in [9.17, 15) is 0 Å². The van der Waals surface area contributed by atoms with E-state index in [1.165, 1.54) is 5.56 Å². The molecule has 0 aliphatic heterocycles. The van der Waals surface area contributed by atoms with Crippen LogP contribution in [0.5, 0.6) is 0 Å². The SMILES string of the molecule is Cc1[c-]c(-c2ccccn2)sc1.[CH3-].[Ir]. The molecule has 0 unspecified atom stereocenters. The molecule has 0 spiro atoms. The predicted octanol–water partition coefficient (Wildman–Crippen LogP) is 3.37. The summed E-state index contributed by atoms with van der Waals surface area (Å²) in [6.45, 7) is 2.04. The average Bonchev–Trinajstić information content (AvgIpc) is 2.54. The number of pyridine rings is 1. The van der Waals surface area contributed by atoms with E-state index in [4.69, 9.17) is 0 Å². The fraction of sp³-hybridized carbons (Fsp3) is 0.0909. The van der Waals surface area contributed by atoms with Crippen LogP contribution in [0.2, 0.25) is 0 Å². The first-order valence-electron chi connectivity index (χ1n) is 3.75. The Balaban J connectivity index is 0.000000845. The summed E-state index contributed by atoms with van der Waals surface area (Å²) in [7, 11) is 0. The van der Waals surface area contributed by atoms with Crippen molar-refractivity contribution in [3.8, 4) is 10.6 Å². The Morgan fingerprint density at radius 3 is 2.64 bits per heavy atom. The molecule has 1 radical (unpaired) electrons. The maximum Gasteiger partial charge on any atom is 0.0124 e. The maximum absolute atomic E-state index is 4.24. The summed E-state index contributed by atoms with van der Waals surface area (Å²) in [5.41, 5.74) is 2.19. The molecule has 0 aliphatic carbocycles. The third-order valence-corrected chi connectivity index (χ3v) is 2.58. The Labute approximate surface area is 103 Å². The zero-order valence-corrected chi connectivity index (χ0v) is 11.3. The molecular weight excluding hydrogens is 370 g/mol. The van der Waals surface area contributed by atoms with Crippen LogP contribution in [-0.4, -0.2) is 4.98 Å². The van der Waals surface area contributed by atoms with Gasteiger partial charge in [0.15, 0.2) is 0 Å². The molecule has 2 aromatic rings. The van der Waals surface area contributed by atoms with E-state index in [0.29, 0.717) is 0 Å². The van der Waals surface area contributed by atoms with Crippen molar-refractivity contribution in [2.45, 2.75) is 6.92 Å². The molecule has 3 heteroatoms. The molecule has 1 nitrogen and oxygen atoms in total. The molecule has 0 saturated heterocycles. The number of nitrogens with zero attached hydrogens (tertiary/aromatic N) is 1. The molecule has 2 rings (SSSR count). The Hall–Kier alpha value is -0.501. The summed E-state index contributed by atoms with van der Waals surface area (Å²) in [5, 5.41) is 2.09. The molecule has 0 aliphatic rings. The Bertz CT molecular complexity index is 370. The van der Waals surface area contributed by atoms with Crippen molar-refractivity contribution in [1.29, 1.82) is 0 Å². The van der Waals surface area contributed by atoms with Crippen molar-refractivity contribution >= 4 is 11.3 Å². The van der Waals surface area contributed by atoms with Gasteiger partial charge in [0.1, 0.15) is 0 Å². The van der Waals surface area contributed by atoms with Gasteiger partial charge in [0.05, 0.1) is 0 Å². The summed E-state index contributed by atoms with van der Waals surface area (Å²) >= 11 is 1.68. The van der Waals surface area contributed by atoms with E-state index in [-0.39, 0.29) is 27.5 Å². The van der Waals surface area contributed by atoms with Gasteiger partial charge in [-0.1, -0.05) is 23.9 Å². The number of aryl methyl sites for hydroxylation is 1. The zero-order valence-electron chi connectivity index (χ0n) is 8.08. The molecule has 77 valence electrons. The van der Waals surface area contributed by atoms with Gasteiger partial charge in [-0.15, -0.1) is 5.38 Å². The van der Waals surface area contributed by atoms with Gasteiger partial charge in [0, 0.05) is 26.3 Å². The molecule has 0 amide bonds. The summed E-state index contributed by atoms with van der Waals surface area (Å²) in [5.74, 6) is 0. The third-order valence-electron chi connectivity index (χ3n) is 1.56. The Morgan fingerprint density at radius 2 is 2.14 bits per heavy atom. The first-order chi connectivity index (χ1) is 5.86. The van der Waals surface area contributed by atoms with Crippen molar-refractivity contribution in [1.82, 2.24) is 4.98 Å². The number of hydrogen-bond donors (Lipinski definition) is 0. The number of thiophene rings is 1. The van der Waals surface area contributed by atoms with E-state index in [2.05, 4.69) is 16.4 Å². The van der Waals surface area contributed by atoms with E-state index >= 15 is 0 Å². The van der Waals surface area contributed by atoms with Gasteiger partial charge < -0.3 is 12.4 Å². The monoisotopic (exact) mass is 382 g/mol. The molecule has 0 aromatic carbocycles. The molecular formula is C11H11IrNS-2. The van der Waals surface area contributed by atoms with Crippen LogP contribution < -0.4 is 0 Å². The van der Waals surface area contributed by atoms with Gasteiger partial charge in [0.2, 0.25) is 0 Å². The molecule has 0 N–H and O–H groups in total. The topological polar surface area (TPSA) is 12.9 Å². The smallest absolute Gasteiger partial charge is 0.0124 e. The van der Waals surface area contributed by atoms with E-state index in [1.807, 2.05) is 25.1 Å².